The molecule has 4 aromatic carbocycles. The standard InChI is InChI=1S/C19H29N3O6S.C19H27N3O5S.C18H25NO6S.C11H15BrO3.C9H15NO4S.CN.K/c1-13-9-16(28-12-15(24)11-23)10-14(2)17(13)3-8-29(26,27)22-6-4-19(21,5-7-22)18(20)25;1-14-9-17(27-12-16(24)11-23)10-15(2)18(14)3-8-28(25,26)22-6-4-19(21,13-20)5-7-22;1-13-9-17(25-12-16(22)11-20)10-14(2)18(13)5-8-26(23,24)19-6-3-15(21)4-7-19;1-7-3-10(4-8(2)11(7)12)15-6-9(14)5-13;1-2-15(11,12)10-5-3-9(4-6-10)13-7-8-14-9;1-2;/h3,8-10,15,23-24H,4-7,11-12,21H2,1-2H3,(H2,20,25);3,8-10,16,23-24H,4-7,11-12,21H2,1-2H3;5,8-10,16,20,22H,3-4,6-7,11-12H2,1-2H3;3-4,9,13-14H,5-6H2,1-2H3;2H,1,3-8H2;;/q;;;;;-1;+1/b2*8-3+;8-5+;;;;/t15-;2*16-;9-;;;/m1111.../s1. The summed E-state index contributed by atoms with van der Waals surface area (Å²) in [5.41, 5.74) is 24.4. The Hall–Kier alpha value is -5.56. The van der Waals surface area contributed by atoms with Gasteiger partial charge in [-0.05, 0) is 209 Å². The van der Waals surface area contributed by atoms with Crippen LogP contribution in [-0.2, 0) is 59.2 Å². The second kappa shape index (κ2) is 48.8. The van der Waals surface area contributed by atoms with Crippen molar-refractivity contribution in [2.45, 2.75) is 148 Å². The molecule has 39 heteroatoms. The van der Waals surface area contributed by atoms with E-state index in [1.54, 1.807) is 48.6 Å². The van der Waals surface area contributed by atoms with Crippen LogP contribution in [0.15, 0.2) is 81.2 Å². The first-order valence-corrected chi connectivity index (χ1v) is 43.5. The van der Waals surface area contributed by atoms with Crippen LogP contribution in [0.5, 0.6) is 23.0 Å². The van der Waals surface area contributed by atoms with E-state index < -0.39 is 93.9 Å². The Kier molecular flexibility index (Phi) is 44.0. The van der Waals surface area contributed by atoms with Crippen molar-refractivity contribution < 1.29 is 164 Å². The van der Waals surface area contributed by atoms with E-state index in [-0.39, 0.29) is 168 Å². The normalized spacial score (nSPS) is 18.3. The number of halogens is 1. The zero-order valence-corrected chi connectivity index (χ0v) is 75.1. The van der Waals surface area contributed by atoms with Crippen LogP contribution in [0.4, 0.5) is 0 Å². The number of nitrogens with zero attached hydrogens (tertiary/aromatic N) is 6. The van der Waals surface area contributed by atoms with Crippen molar-refractivity contribution in [1.82, 2.24) is 17.2 Å². The summed E-state index contributed by atoms with van der Waals surface area (Å²) in [6, 6.07) is 16.3. The van der Waals surface area contributed by atoms with Crippen molar-refractivity contribution in [3.05, 3.63) is 149 Å². The van der Waals surface area contributed by atoms with Crippen LogP contribution in [0.3, 0.4) is 0 Å². The van der Waals surface area contributed by atoms with E-state index in [0.717, 1.165) is 76.5 Å². The van der Waals surface area contributed by atoms with Gasteiger partial charge in [-0.2, -0.15) is 22.5 Å². The van der Waals surface area contributed by atoms with Crippen molar-refractivity contribution in [3.63, 3.8) is 0 Å². The molecule has 116 heavy (non-hydrogen) atoms. The molecule has 1 spiro atoms. The zero-order chi connectivity index (χ0) is 86.5. The van der Waals surface area contributed by atoms with Crippen LogP contribution < -0.4 is 87.5 Å². The predicted molar refractivity (Wildman–Crippen MR) is 435 cm³/mol. The molecule has 5 heterocycles. The Bertz CT molecular complexity index is 4440. The molecule has 5 saturated heterocycles. The number of carbonyl (C=O) groups is 2. The number of hydrogen-bond acceptors (Lipinski definition) is 28. The maximum Gasteiger partial charge on any atom is 1.00 e. The quantitative estimate of drug-likeness (QED) is 0.0272. The molecule has 5 fully saturated rings. The number of ketones is 1. The van der Waals surface area contributed by atoms with Gasteiger partial charge in [0, 0.05) is 104 Å². The van der Waals surface area contributed by atoms with Gasteiger partial charge in [0.2, 0.25) is 46.0 Å². The topological polar surface area (TPSA) is 527 Å². The third-order valence-corrected chi connectivity index (χ3v) is 26.6. The molecule has 0 radical (unpaired) electrons. The van der Waals surface area contributed by atoms with Crippen molar-refractivity contribution in [2.24, 2.45) is 17.2 Å². The van der Waals surface area contributed by atoms with Gasteiger partial charge in [0.05, 0.1) is 51.2 Å². The van der Waals surface area contributed by atoms with E-state index >= 15 is 0 Å². The van der Waals surface area contributed by atoms with Gasteiger partial charge in [0.25, 0.3) is 0 Å². The first-order valence-electron chi connectivity index (χ1n) is 36.7. The summed E-state index contributed by atoms with van der Waals surface area (Å²) < 4.78 is 137. The molecular weight excluding hydrogens is 1680 g/mol. The van der Waals surface area contributed by atoms with Gasteiger partial charge >= 0.3 is 51.4 Å². The van der Waals surface area contributed by atoms with Crippen LogP contribution in [0, 0.1) is 78.6 Å². The SMILES string of the molecule is C=CS(=O)(=O)N1CCC2(CC1)OCCO2.Cc1cc(OC[C@H](O)CO)cc(C)c1/C=C/S(=O)(=O)N1CCC(=O)CC1.Cc1cc(OC[C@H](O)CO)cc(C)c1/C=C/S(=O)(=O)N1CCC(N)(C#N)CC1.Cc1cc(OC[C@H](O)CO)cc(C)c1/C=C/S(=O)(=O)N1CCC(N)(C(N)=O)CC1.Cc1cc(OC[C@H](O)CO)cc(C)c1Br.[C-]#N.[K+]. The molecule has 5 aliphatic rings. The van der Waals surface area contributed by atoms with Crippen molar-refractivity contribution in [2.75, 3.05) is 118 Å². The number of carbonyl (C=O) groups excluding carboxylic acids is 2. The Balaban J connectivity index is 0.000000381. The van der Waals surface area contributed by atoms with E-state index in [2.05, 4.69) is 22.5 Å². The third kappa shape index (κ3) is 32.8. The Morgan fingerprint density at radius 1 is 0.509 bits per heavy atom. The molecule has 4 aromatic rings. The summed E-state index contributed by atoms with van der Waals surface area (Å²) in [5.74, 6) is 1.26. The maximum atomic E-state index is 12.6. The first kappa shape index (κ1) is 105. The number of Topliss-reactive ketones (excluding diaryl/α,β-unsaturated/α-hetero) is 1. The number of aliphatic hydroxyl groups is 8. The number of hydrogen-bond donors (Lipinski definition) is 11. The van der Waals surface area contributed by atoms with E-state index in [1.165, 1.54) is 34.1 Å². The minimum Gasteiger partial charge on any atom is -0.512 e. The van der Waals surface area contributed by atoms with Crippen molar-refractivity contribution >= 4 is 85.9 Å². The number of aliphatic hydroxyl groups excluding tert-OH is 8. The molecule has 14 N–H and O–H groups in total. The fourth-order valence-corrected chi connectivity index (χ4v) is 16.8. The van der Waals surface area contributed by atoms with Crippen molar-refractivity contribution in [1.29, 1.82) is 10.5 Å². The summed E-state index contributed by atoms with van der Waals surface area (Å²) >= 11 is 3.46. The van der Waals surface area contributed by atoms with Gasteiger partial charge in [0.1, 0.15) is 85.2 Å². The second-order valence-corrected chi connectivity index (χ2v) is 36.3. The molecule has 0 aliphatic carbocycles. The van der Waals surface area contributed by atoms with Crippen LogP contribution in [0.25, 0.3) is 18.2 Å². The Morgan fingerprint density at radius 2 is 0.767 bits per heavy atom. The van der Waals surface area contributed by atoms with Gasteiger partial charge in [-0.1, -0.05) is 22.5 Å². The fourth-order valence-electron chi connectivity index (χ4n) is 12.1. The minimum atomic E-state index is -3.67. The minimum absolute atomic E-state index is 0. The molecule has 0 bridgehead atoms. The van der Waals surface area contributed by atoms with Gasteiger partial charge in [-0.3, -0.25) is 9.59 Å². The Morgan fingerprint density at radius 3 is 1.03 bits per heavy atom. The number of nitrogens with two attached hydrogens (primary N) is 3. The summed E-state index contributed by atoms with van der Waals surface area (Å²) in [5, 5.41) is 92.2. The summed E-state index contributed by atoms with van der Waals surface area (Å²) in [6.07, 6.45) is 3.64. The number of ether oxygens (including phenoxy) is 6. The molecular formula is C77H111BrKN9O24S4. The number of primary amides is 1. The number of piperidine rings is 4. The van der Waals surface area contributed by atoms with E-state index in [1.807, 2.05) is 73.6 Å². The number of rotatable bonds is 28. The van der Waals surface area contributed by atoms with Crippen LogP contribution in [0.1, 0.15) is 113 Å². The summed E-state index contributed by atoms with van der Waals surface area (Å²) in [6.45, 7) is 24.8. The smallest absolute Gasteiger partial charge is 0.512 e. The molecule has 0 saturated carbocycles. The molecule has 0 unspecified atom stereocenters. The maximum absolute atomic E-state index is 12.6. The van der Waals surface area contributed by atoms with Gasteiger partial charge in [0.15, 0.2) is 5.79 Å². The van der Waals surface area contributed by atoms with Gasteiger partial charge in [-0.25, -0.2) is 33.7 Å². The van der Waals surface area contributed by atoms with E-state index in [4.69, 9.17) is 88.3 Å². The zero-order valence-electron chi connectivity index (χ0n) is 67.1. The van der Waals surface area contributed by atoms with Gasteiger partial charge < -0.3 is 98.3 Å². The second-order valence-electron chi connectivity index (χ2n) is 28.2. The predicted octanol–water partition coefficient (Wildman–Crippen LogP) is 0.465. The van der Waals surface area contributed by atoms with E-state index in [0.29, 0.717) is 75.0 Å². The number of benzene rings is 4. The average molecular weight is 1790 g/mol. The fraction of sp³-hybridized carbons (Fsp3) is 0.532. The molecule has 5 aliphatic heterocycles. The molecule has 1 amide bonds. The van der Waals surface area contributed by atoms with Crippen molar-refractivity contribution in [3.8, 4) is 29.1 Å². The van der Waals surface area contributed by atoms with Crippen LogP contribution >= 0.6 is 15.9 Å². The number of nitriles is 1. The molecule has 0 aromatic heterocycles. The van der Waals surface area contributed by atoms with Crippen LogP contribution in [0.2, 0.25) is 0 Å². The number of sulfonamides is 4. The molecule has 33 nitrogen and oxygen atoms in total. The van der Waals surface area contributed by atoms with E-state index in [9.17, 15) is 58.6 Å². The van der Waals surface area contributed by atoms with Crippen LogP contribution in [-0.4, -0.2) is 263 Å². The largest absolute Gasteiger partial charge is 1.00 e. The first-order chi connectivity index (χ1) is 53.9. The molecule has 4 atom stereocenters. The molecule has 9 rings (SSSR count). The summed E-state index contributed by atoms with van der Waals surface area (Å²) in [7, 11) is -14.1. The number of amides is 1. The third-order valence-electron chi connectivity index (χ3n) is 19.1. The summed E-state index contributed by atoms with van der Waals surface area (Å²) in [4.78, 5) is 22.7. The average Bonchev–Trinajstić information content (AvgIpc) is 1.13. The Labute approximate surface area is 732 Å². The molecule has 640 valence electrons. The number of aryl methyl sites for hydroxylation is 8. The monoisotopic (exact) mass is 1790 g/mol. The van der Waals surface area contributed by atoms with Gasteiger partial charge in [-0.15, -0.1) is 0 Å².